The van der Waals surface area contributed by atoms with E-state index in [4.69, 9.17) is 0 Å². The number of benzene rings is 2. The van der Waals surface area contributed by atoms with Gasteiger partial charge < -0.3 is 20.9 Å². The molecule has 49 heavy (non-hydrogen) atoms. The minimum Gasteiger partial charge on any atom is -0.344 e. The number of nitrogens with one attached hydrogen (secondary N) is 3. The molecular weight excluding hydrogens is 618 g/mol. The third-order valence-electron chi connectivity index (χ3n) is 10.1. The normalized spacial score (nSPS) is 17.5. The van der Waals surface area contributed by atoms with Crippen molar-refractivity contribution in [2.75, 3.05) is 31.5 Å². The van der Waals surface area contributed by atoms with Gasteiger partial charge in [-0.1, -0.05) is 68.7 Å². The predicted molar refractivity (Wildman–Crippen MR) is 190 cm³/mol. The van der Waals surface area contributed by atoms with E-state index < -0.39 is 12.1 Å². The first-order valence-electron chi connectivity index (χ1n) is 17.8. The summed E-state index contributed by atoms with van der Waals surface area (Å²) in [5.41, 5.74) is 3.30. The standard InChI is InChI=1S/C38H51N7O4/c1-4-34(46)41-32(38(49)45-25-23-44(24-26-45)27(2)29-11-7-5-8-12-29)20-17-28-15-18-31(19-16-28)40-37(48)35(30-13-9-6-10-14-30)42-36(47)33-21-22-39-43(33)3/h5,7-8,11-12,15-16,18-19,21-22,27,30,32,35H,4,6,9-10,13-14,17,20,23-26H2,1-3H3,(H,40,48)(H,41,46)(H,42,47)/t27?,32-,35+/m1/s1. The lowest BCUT2D eigenvalue weighted by Gasteiger charge is -2.39. The Morgan fingerprint density at radius 1 is 0.878 bits per heavy atom. The highest BCUT2D eigenvalue weighted by Gasteiger charge is 2.32. The number of anilines is 1. The summed E-state index contributed by atoms with van der Waals surface area (Å²) in [7, 11) is 1.70. The van der Waals surface area contributed by atoms with Crippen LogP contribution in [0, 0.1) is 5.92 Å². The Kier molecular flexibility index (Phi) is 12.6. The number of carbonyl (C=O) groups excluding carboxylic acids is 4. The number of aryl methyl sites for hydroxylation is 2. The molecule has 11 heteroatoms. The summed E-state index contributed by atoms with van der Waals surface area (Å²) >= 11 is 0. The van der Waals surface area contributed by atoms with Crippen molar-refractivity contribution in [3.8, 4) is 0 Å². The molecule has 0 bridgehead atoms. The van der Waals surface area contributed by atoms with Crippen molar-refractivity contribution in [2.24, 2.45) is 13.0 Å². The fraction of sp³-hybridized carbons (Fsp3) is 0.500. The van der Waals surface area contributed by atoms with Crippen molar-refractivity contribution in [2.45, 2.75) is 83.3 Å². The summed E-state index contributed by atoms with van der Waals surface area (Å²) in [6, 6.07) is 18.6. The zero-order chi connectivity index (χ0) is 34.8. The van der Waals surface area contributed by atoms with E-state index in [1.54, 1.807) is 26.2 Å². The molecule has 2 heterocycles. The minimum atomic E-state index is -0.653. The molecule has 5 rings (SSSR count). The van der Waals surface area contributed by atoms with Crippen molar-refractivity contribution < 1.29 is 19.2 Å². The fourth-order valence-corrected chi connectivity index (χ4v) is 7.01. The van der Waals surface area contributed by atoms with Crippen molar-refractivity contribution in [1.29, 1.82) is 0 Å². The summed E-state index contributed by atoms with van der Waals surface area (Å²) in [6.45, 7) is 6.78. The summed E-state index contributed by atoms with van der Waals surface area (Å²) in [5.74, 6) is -0.672. The number of aromatic nitrogens is 2. The van der Waals surface area contributed by atoms with Crippen LogP contribution in [0.3, 0.4) is 0 Å². The summed E-state index contributed by atoms with van der Waals surface area (Å²) in [4.78, 5) is 57.0. The van der Waals surface area contributed by atoms with E-state index in [2.05, 4.69) is 57.1 Å². The predicted octanol–water partition coefficient (Wildman–Crippen LogP) is 4.47. The van der Waals surface area contributed by atoms with Crippen LogP contribution in [0.2, 0.25) is 0 Å². The van der Waals surface area contributed by atoms with Gasteiger partial charge in [-0.05, 0) is 67.9 Å². The summed E-state index contributed by atoms with van der Waals surface area (Å²) < 4.78 is 1.50. The first-order chi connectivity index (χ1) is 23.7. The van der Waals surface area contributed by atoms with E-state index in [1.165, 1.54) is 10.2 Å². The van der Waals surface area contributed by atoms with Gasteiger partial charge in [-0.3, -0.25) is 28.8 Å². The van der Waals surface area contributed by atoms with Crippen molar-refractivity contribution in [3.05, 3.63) is 83.7 Å². The second-order valence-electron chi connectivity index (χ2n) is 13.3. The van der Waals surface area contributed by atoms with Crippen LogP contribution in [0.1, 0.15) is 86.5 Å². The molecule has 3 aromatic rings. The second kappa shape index (κ2) is 17.2. The molecule has 3 N–H and O–H groups in total. The van der Waals surface area contributed by atoms with Gasteiger partial charge >= 0.3 is 0 Å². The van der Waals surface area contributed by atoms with Gasteiger partial charge in [-0.25, -0.2) is 0 Å². The number of carbonyl (C=O) groups is 4. The number of hydrogen-bond donors (Lipinski definition) is 3. The van der Waals surface area contributed by atoms with E-state index in [1.807, 2.05) is 35.2 Å². The van der Waals surface area contributed by atoms with Crippen molar-refractivity contribution in [3.63, 3.8) is 0 Å². The molecule has 2 aliphatic rings. The van der Waals surface area contributed by atoms with Crippen LogP contribution in [0.4, 0.5) is 5.69 Å². The Morgan fingerprint density at radius 2 is 1.57 bits per heavy atom. The van der Waals surface area contributed by atoms with Crippen LogP contribution in [-0.4, -0.2) is 81.5 Å². The van der Waals surface area contributed by atoms with E-state index in [0.717, 1.165) is 50.8 Å². The quantitative estimate of drug-likeness (QED) is 0.247. The Hall–Kier alpha value is -4.51. The van der Waals surface area contributed by atoms with E-state index in [-0.39, 0.29) is 35.6 Å². The molecule has 1 aliphatic heterocycles. The Morgan fingerprint density at radius 3 is 2.20 bits per heavy atom. The molecular formula is C38H51N7O4. The Balaban J connectivity index is 1.17. The van der Waals surface area contributed by atoms with Crippen LogP contribution in [-0.2, 0) is 27.9 Å². The van der Waals surface area contributed by atoms with Gasteiger partial charge in [0.05, 0.1) is 0 Å². The molecule has 1 saturated carbocycles. The van der Waals surface area contributed by atoms with Crippen LogP contribution in [0.5, 0.6) is 0 Å². The number of nitrogens with zero attached hydrogens (tertiary/aromatic N) is 4. The average Bonchev–Trinajstić information content (AvgIpc) is 3.58. The molecule has 1 saturated heterocycles. The Bertz CT molecular complexity index is 1540. The van der Waals surface area contributed by atoms with E-state index >= 15 is 0 Å². The highest BCUT2D eigenvalue weighted by Crippen LogP contribution is 2.28. The first-order valence-corrected chi connectivity index (χ1v) is 17.8. The van der Waals surface area contributed by atoms with Gasteiger partial charge in [0.25, 0.3) is 5.91 Å². The Labute approximate surface area is 289 Å². The number of amides is 4. The van der Waals surface area contributed by atoms with Gasteiger partial charge in [-0.2, -0.15) is 5.10 Å². The third kappa shape index (κ3) is 9.56. The molecule has 4 amide bonds. The van der Waals surface area contributed by atoms with Crippen LogP contribution < -0.4 is 16.0 Å². The maximum absolute atomic E-state index is 13.7. The van der Waals surface area contributed by atoms with E-state index in [0.29, 0.717) is 43.7 Å². The molecule has 2 fully saturated rings. The van der Waals surface area contributed by atoms with Gasteiger partial charge in [-0.15, -0.1) is 0 Å². The lowest BCUT2D eigenvalue weighted by atomic mass is 9.83. The minimum absolute atomic E-state index is 0.0420. The zero-order valence-electron chi connectivity index (χ0n) is 29.1. The second-order valence-corrected chi connectivity index (χ2v) is 13.3. The smallest absolute Gasteiger partial charge is 0.270 e. The van der Waals surface area contributed by atoms with Crippen molar-refractivity contribution in [1.82, 2.24) is 30.2 Å². The van der Waals surface area contributed by atoms with Crippen LogP contribution >= 0.6 is 0 Å². The first kappa shape index (κ1) is 35.8. The molecule has 11 nitrogen and oxygen atoms in total. The molecule has 1 aromatic heterocycles. The summed E-state index contributed by atoms with van der Waals surface area (Å²) in [6.07, 6.45) is 7.93. The zero-order valence-corrected chi connectivity index (χ0v) is 29.1. The van der Waals surface area contributed by atoms with Crippen molar-refractivity contribution >= 4 is 29.3 Å². The highest BCUT2D eigenvalue weighted by molar-refractivity contribution is 6.00. The molecule has 1 unspecified atom stereocenters. The molecule has 3 atom stereocenters. The lowest BCUT2D eigenvalue weighted by molar-refractivity contribution is -0.138. The number of rotatable bonds is 13. The van der Waals surface area contributed by atoms with Gasteiger partial charge in [0, 0.05) is 57.6 Å². The molecule has 1 aliphatic carbocycles. The SMILES string of the molecule is CCC(=O)N[C@H](CCc1ccc(NC(=O)[C@@H](NC(=O)c2ccnn2C)C2CCCCC2)cc1)C(=O)N1CCN(C(C)c2ccccc2)CC1. The van der Waals surface area contributed by atoms with Crippen LogP contribution in [0.25, 0.3) is 0 Å². The third-order valence-corrected chi connectivity index (χ3v) is 10.1. The molecule has 262 valence electrons. The van der Waals surface area contributed by atoms with Gasteiger partial charge in [0.1, 0.15) is 17.8 Å². The summed E-state index contributed by atoms with van der Waals surface area (Å²) in [5, 5.41) is 13.0. The molecule has 2 aromatic carbocycles. The maximum atomic E-state index is 13.7. The average molecular weight is 670 g/mol. The van der Waals surface area contributed by atoms with Gasteiger partial charge in [0.15, 0.2) is 0 Å². The number of hydrogen-bond acceptors (Lipinski definition) is 6. The highest BCUT2D eigenvalue weighted by atomic mass is 16.2. The largest absolute Gasteiger partial charge is 0.344 e. The maximum Gasteiger partial charge on any atom is 0.270 e. The van der Waals surface area contributed by atoms with E-state index in [9.17, 15) is 19.2 Å². The molecule has 0 radical (unpaired) electrons. The monoisotopic (exact) mass is 669 g/mol. The van der Waals surface area contributed by atoms with Crippen LogP contribution in [0.15, 0.2) is 66.9 Å². The topological polar surface area (TPSA) is 129 Å². The fourth-order valence-electron chi connectivity index (χ4n) is 7.01. The lowest BCUT2D eigenvalue weighted by Crippen LogP contribution is -2.55. The molecule has 0 spiro atoms. The van der Waals surface area contributed by atoms with Gasteiger partial charge in [0.2, 0.25) is 17.7 Å². The number of piperazine rings is 1.